The number of hydrogen-bond donors (Lipinski definition) is 1. The molecular weight excluding hydrogens is 264 g/mol. The standard InChI is InChI=1S/C13H16N2O3S/c1-3-10-8-11(12(19-10)13(16)17)18-7-5-9-4-6-14-15(9)2/h4,6,8H,3,5,7H2,1-2H3,(H,16,17). The van der Waals surface area contributed by atoms with Crippen molar-refractivity contribution in [2.24, 2.45) is 7.05 Å². The van der Waals surface area contributed by atoms with Gasteiger partial charge < -0.3 is 9.84 Å². The molecule has 0 aliphatic carbocycles. The molecule has 19 heavy (non-hydrogen) atoms. The van der Waals surface area contributed by atoms with Gasteiger partial charge in [-0.3, -0.25) is 4.68 Å². The third-order valence-corrected chi connectivity index (χ3v) is 4.08. The molecule has 6 heteroatoms. The number of thiophene rings is 1. The van der Waals surface area contributed by atoms with E-state index in [1.54, 1.807) is 10.9 Å². The molecule has 0 aliphatic rings. The van der Waals surface area contributed by atoms with Crippen molar-refractivity contribution in [3.8, 4) is 5.75 Å². The fourth-order valence-corrected chi connectivity index (χ4v) is 2.64. The lowest BCUT2D eigenvalue weighted by molar-refractivity contribution is 0.0698. The Morgan fingerprint density at radius 2 is 2.37 bits per heavy atom. The number of aromatic nitrogens is 2. The second-order valence-corrected chi connectivity index (χ2v) is 5.25. The zero-order chi connectivity index (χ0) is 13.8. The van der Waals surface area contributed by atoms with Crippen molar-refractivity contribution >= 4 is 17.3 Å². The van der Waals surface area contributed by atoms with Gasteiger partial charge in [0.15, 0.2) is 4.88 Å². The zero-order valence-corrected chi connectivity index (χ0v) is 11.7. The van der Waals surface area contributed by atoms with Crippen LogP contribution in [0.25, 0.3) is 0 Å². The normalized spacial score (nSPS) is 10.6. The monoisotopic (exact) mass is 280 g/mol. The summed E-state index contributed by atoms with van der Waals surface area (Å²) in [4.78, 5) is 12.4. The van der Waals surface area contributed by atoms with E-state index in [0.29, 0.717) is 18.8 Å². The van der Waals surface area contributed by atoms with Gasteiger partial charge in [0.05, 0.1) is 6.61 Å². The molecule has 2 heterocycles. The molecule has 5 nitrogen and oxygen atoms in total. The van der Waals surface area contributed by atoms with Crippen LogP contribution in [0.3, 0.4) is 0 Å². The third kappa shape index (κ3) is 3.14. The first-order valence-electron chi connectivity index (χ1n) is 6.07. The molecule has 0 saturated carbocycles. The molecule has 0 atom stereocenters. The summed E-state index contributed by atoms with van der Waals surface area (Å²) in [6, 6.07) is 3.74. The van der Waals surface area contributed by atoms with E-state index in [0.717, 1.165) is 17.0 Å². The van der Waals surface area contributed by atoms with Crippen LogP contribution in [0.15, 0.2) is 18.3 Å². The summed E-state index contributed by atoms with van der Waals surface area (Å²) in [6.07, 6.45) is 3.25. The van der Waals surface area contributed by atoms with E-state index in [1.165, 1.54) is 11.3 Å². The van der Waals surface area contributed by atoms with Crippen LogP contribution in [0.2, 0.25) is 0 Å². The summed E-state index contributed by atoms with van der Waals surface area (Å²) in [6.45, 7) is 2.44. The molecule has 0 spiro atoms. The number of rotatable bonds is 6. The molecule has 1 N–H and O–H groups in total. The van der Waals surface area contributed by atoms with Gasteiger partial charge in [0.1, 0.15) is 5.75 Å². The molecule has 102 valence electrons. The van der Waals surface area contributed by atoms with Crippen LogP contribution in [0.4, 0.5) is 0 Å². The Kier molecular flexibility index (Phi) is 4.21. The SMILES string of the molecule is CCc1cc(OCCc2ccnn2C)c(C(=O)O)s1. The van der Waals surface area contributed by atoms with Crippen LogP contribution in [0, 0.1) is 0 Å². The van der Waals surface area contributed by atoms with E-state index in [1.807, 2.05) is 26.1 Å². The number of hydrogen-bond acceptors (Lipinski definition) is 4. The first kappa shape index (κ1) is 13.6. The second kappa shape index (κ2) is 5.88. The van der Waals surface area contributed by atoms with Crippen molar-refractivity contribution in [1.82, 2.24) is 9.78 Å². The maximum Gasteiger partial charge on any atom is 0.349 e. The number of aryl methyl sites for hydroxylation is 2. The van der Waals surface area contributed by atoms with E-state index < -0.39 is 5.97 Å². The lowest BCUT2D eigenvalue weighted by Crippen LogP contribution is -2.07. The molecule has 0 radical (unpaired) electrons. The predicted molar refractivity (Wildman–Crippen MR) is 73.1 cm³/mol. The molecule has 0 saturated heterocycles. The van der Waals surface area contributed by atoms with E-state index in [2.05, 4.69) is 5.10 Å². The molecular formula is C13H16N2O3S. The minimum Gasteiger partial charge on any atom is -0.491 e. The fourth-order valence-electron chi connectivity index (χ4n) is 1.77. The maximum atomic E-state index is 11.1. The number of ether oxygens (including phenoxy) is 1. The summed E-state index contributed by atoms with van der Waals surface area (Å²) < 4.78 is 7.38. The van der Waals surface area contributed by atoms with E-state index >= 15 is 0 Å². The molecule has 0 amide bonds. The molecule has 0 bridgehead atoms. The van der Waals surface area contributed by atoms with E-state index in [4.69, 9.17) is 9.84 Å². The van der Waals surface area contributed by atoms with Crippen LogP contribution in [0.5, 0.6) is 5.75 Å². The highest BCUT2D eigenvalue weighted by Crippen LogP contribution is 2.29. The predicted octanol–water partition coefficient (Wildman–Crippen LogP) is 2.36. The average Bonchev–Trinajstić information content (AvgIpc) is 2.96. The summed E-state index contributed by atoms with van der Waals surface area (Å²) in [7, 11) is 1.87. The van der Waals surface area contributed by atoms with Crippen molar-refractivity contribution in [2.45, 2.75) is 19.8 Å². The Bertz CT molecular complexity index is 574. The largest absolute Gasteiger partial charge is 0.491 e. The quantitative estimate of drug-likeness (QED) is 0.882. The lowest BCUT2D eigenvalue weighted by atomic mass is 10.3. The first-order valence-corrected chi connectivity index (χ1v) is 6.89. The van der Waals surface area contributed by atoms with Crippen molar-refractivity contribution in [3.63, 3.8) is 0 Å². The Labute approximate surface area is 115 Å². The van der Waals surface area contributed by atoms with Crippen molar-refractivity contribution in [3.05, 3.63) is 33.8 Å². The maximum absolute atomic E-state index is 11.1. The zero-order valence-electron chi connectivity index (χ0n) is 10.9. The topological polar surface area (TPSA) is 64.4 Å². The van der Waals surface area contributed by atoms with Gasteiger partial charge in [0.2, 0.25) is 0 Å². The highest BCUT2D eigenvalue weighted by molar-refractivity contribution is 7.14. The van der Waals surface area contributed by atoms with Gasteiger partial charge in [-0.1, -0.05) is 6.92 Å². The molecule has 0 unspecified atom stereocenters. The van der Waals surface area contributed by atoms with Gasteiger partial charge in [-0.05, 0) is 18.6 Å². The fraction of sp³-hybridized carbons (Fsp3) is 0.385. The van der Waals surface area contributed by atoms with Gasteiger partial charge >= 0.3 is 5.97 Å². The molecule has 2 aromatic rings. The van der Waals surface area contributed by atoms with Crippen LogP contribution in [0.1, 0.15) is 27.2 Å². The summed E-state index contributed by atoms with van der Waals surface area (Å²) in [5, 5.41) is 13.2. The van der Waals surface area contributed by atoms with Gasteiger partial charge in [-0.15, -0.1) is 11.3 Å². The van der Waals surface area contributed by atoms with Crippen molar-refractivity contribution < 1.29 is 14.6 Å². The lowest BCUT2D eigenvalue weighted by Gasteiger charge is -2.05. The average molecular weight is 280 g/mol. The van der Waals surface area contributed by atoms with Gasteiger partial charge in [-0.25, -0.2) is 4.79 Å². The summed E-state index contributed by atoms with van der Waals surface area (Å²) in [5.74, 6) is -0.461. The van der Waals surface area contributed by atoms with Crippen molar-refractivity contribution in [2.75, 3.05) is 6.61 Å². The molecule has 0 fully saturated rings. The number of carboxylic acid groups (broad SMARTS) is 1. The van der Waals surface area contributed by atoms with Crippen LogP contribution >= 0.6 is 11.3 Å². The molecule has 0 aliphatic heterocycles. The smallest absolute Gasteiger partial charge is 0.349 e. The number of nitrogens with zero attached hydrogens (tertiary/aromatic N) is 2. The van der Waals surface area contributed by atoms with Gasteiger partial charge in [0, 0.05) is 30.2 Å². The molecule has 2 aromatic heterocycles. The Balaban J connectivity index is 2.01. The first-order chi connectivity index (χ1) is 9.11. The second-order valence-electron chi connectivity index (χ2n) is 4.11. The highest BCUT2D eigenvalue weighted by Gasteiger charge is 2.16. The summed E-state index contributed by atoms with van der Waals surface area (Å²) >= 11 is 1.28. The van der Waals surface area contributed by atoms with Crippen LogP contribution < -0.4 is 4.74 Å². The van der Waals surface area contributed by atoms with Gasteiger partial charge in [0.25, 0.3) is 0 Å². The Morgan fingerprint density at radius 3 is 2.95 bits per heavy atom. The molecule has 0 aromatic carbocycles. The number of aromatic carboxylic acids is 1. The Morgan fingerprint density at radius 1 is 1.58 bits per heavy atom. The minimum atomic E-state index is -0.930. The number of carboxylic acids is 1. The Hall–Kier alpha value is -1.82. The summed E-state index contributed by atoms with van der Waals surface area (Å²) in [5.41, 5.74) is 1.06. The van der Waals surface area contributed by atoms with Crippen LogP contribution in [-0.2, 0) is 19.9 Å². The van der Waals surface area contributed by atoms with E-state index in [-0.39, 0.29) is 4.88 Å². The number of carbonyl (C=O) groups is 1. The van der Waals surface area contributed by atoms with E-state index in [9.17, 15) is 4.79 Å². The van der Waals surface area contributed by atoms with Crippen molar-refractivity contribution in [1.29, 1.82) is 0 Å². The van der Waals surface area contributed by atoms with Crippen LogP contribution in [-0.4, -0.2) is 27.5 Å². The minimum absolute atomic E-state index is 0.279. The highest BCUT2D eigenvalue weighted by atomic mass is 32.1. The van der Waals surface area contributed by atoms with Gasteiger partial charge in [-0.2, -0.15) is 5.10 Å². The third-order valence-electron chi connectivity index (χ3n) is 2.83. The molecule has 2 rings (SSSR count).